The van der Waals surface area contributed by atoms with Gasteiger partial charge in [-0.3, -0.25) is 9.10 Å². The summed E-state index contributed by atoms with van der Waals surface area (Å²) in [4.78, 5) is 11.5. The predicted octanol–water partition coefficient (Wildman–Crippen LogP) is 4.70. The zero-order valence-corrected chi connectivity index (χ0v) is 17.9. The largest absolute Gasteiger partial charge is 0.489 e. The molecule has 0 aliphatic carbocycles. The smallest absolute Gasteiger partial charge is 0.324 e. The molecule has 0 aliphatic heterocycles. The first-order valence-corrected chi connectivity index (χ1v) is 11.4. The third kappa shape index (κ3) is 4.73. The van der Waals surface area contributed by atoms with Crippen LogP contribution in [0.25, 0.3) is 10.8 Å². The van der Waals surface area contributed by atoms with Crippen molar-refractivity contribution < 1.29 is 23.1 Å². The third-order valence-corrected chi connectivity index (χ3v) is 6.73. The number of nitrogens with zero attached hydrogens (tertiary/aromatic N) is 1. The Labute approximate surface area is 186 Å². The van der Waals surface area contributed by atoms with Gasteiger partial charge in [-0.15, -0.1) is 0 Å². The lowest BCUT2D eigenvalue weighted by Crippen LogP contribution is -2.35. The average molecular weight is 448 g/mol. The Hall–Kier alpha value is -3.84. The van der Waals surface area contributed by atoms with Crippen molar-refractivity contribution in [1.82, 2.24) is 0 Å². The van der Waals surface area contributed by atoms with Gasteiger partial charge in [-0.05, 0) is 52.7 Å². The molecule has 4 aromatic carbocycles. The highest BCUT2D eigenvalue weighted by atomic mass is 32.2. The summed E-state index contributed by atoms with van der Waals surface area (Å²) >= 11 is 0. The standard InChI is InChI=1S/C25H21NO5S/c27-25(28)17-26(32(29,30)24-15-10-20-8-4-5-9-21(20)16-24)22-11-13-23(14-12-22)31-18-19-6-2-1-3-7-19/h1-16H,17-18H2,(H,27,28). The van der Waals surface area contributed by atoms with E-state index in [-0.39, 0.29) is 10.6 Å². The number of carboxylic acids is 1. The highest BCUT2D eigenvalue weighted by molar-refractivity contribution is 7.92. The Morgan fingerprint density at radius 3 is 2.16 bits per heavy atom. The minimum absolute atomic E-state index is 0.0295. The quantitative estimate of drug-likeness (QED) is 0.423. The number of fused-ring (bicyclic) bond motifs is 1. The molecule has 0 saturated heterocycles. The minimum atomic E-state index is -4.10. The molecule has 0 unspecified atom stereocenters. The molecule has 0 radical (unpaired) electrons. The second-order valence-electron chi connectivity index (χ2n) is 7.18. The van der Waals surface area contributed by atoms with Crippen LogP contribution in [-0.4, -0.2) is 26.0 Å². The van der Waals surface area contributed by atoms with Crippen LogP contribution in [0.2, 0.25) is 0 Å². The van der Waals surface area contributed by atoms with Crippen molar-refractivity contribution in [3.8, 4) is 5.75 Å². The highest BCUT2D eigenvalue weighted by Crippen LogP contribution is 2.28. The molecule has 0 spiro atoms. The van der Waals surface area contributed by atoms with E-state index in [0.29, 0.717) is 12.4 Å². The number of anilines is 1. The van der Waals surface area contributed by atoms with E-state index in [0.717, 1.165) is 20.6 Å². The fourth-order valence-electron chi connectivity index (χ4n) is 3.34. The van der Waals surface area contributed by atoms with E-state index in [1.165, 1.54) is 6.07 Å². The molecular formula is C25H21NO5S. The SMILES string of the molecule is O=C(O)CN(c1ccc(OCc2ccccc2)cc1)S(=O)(=O)c1ccc2ccccc2c1. The van der Waals surface area contributed by atoms with Crippen molar-refractivity contribution in [3.05, 3.63) is 103 Å². The van der Waals surface area contributed by atoms with E-state index in [4.69, 9.17) is 4.74 Å². The summed E-state index contributed by atoms with van der Waals surface area (Å²) in [5.41, 5.74) is 1.25. The van der Waals surface area contributed by atoms with Crippen LogP contribution in [0.15, 0.2) is 102 Å². The molecule has 0 heterocycles. The second kappa shape index (κ2) is 9.11. The van der Waals surface area contributed by atoms with Gasteiger partial charge < -0.3 is 9.84 Å². The zero-order valence-electron chi connectivity index (χ0n) is 17.1. The van der Waals surface area contributed by atoms with Crippen molar-refractivity contribution in [2.75, 3.05) is 10.8 Å². The van der Waals surface area contributed by atoms with Gasteiger partial charge in [0.05, 0.1) is 10.6 Å². The van der Waals surface area contributed by atoms with Crippen LogP contribution >= 0.6 is 0 Å². The Kier molecular flexibility index (Phi) is 6.09. The maximum absolute atomic E-state index is 13.3. The van der Waals surface area contributed by atoms with Crippen LogP contribution in [0.3, 0.4) is 0 Å². The van der Waals surface area contributed by atoms with Crippen LogP contribution in [0, 0.1) is 0 Å². The van der Waals surface area contributed by atoms with Crippen molar-refractivity contribution in [3.63, 3.8) is 0 Å². The molecule has 4 rings (SSSR count). The molecule has 6 nitrogen and oxygen atoms in total. The van der Waals surface area contributed by atoms with Gasteiger partial charge in [0.2, 0.25) is 0 Å². The molecule has 0 saturated carbocycles. The van der Waals surface area contributed by atoms with Crippen molar-refractivity contribution in [1.29, 1.82) is 0 Å². The zero-order chi connectivity index (χ0) is 22.6. The summed E-state index contributed by atoms with van der Waals surface area (Å²) < 4.78 is 33.3. The highest BCUT2D eigenvalue weighted by Gasteiger charge is 2.27. The van der Waals surface area contributed by atoms with Crippen LogP contribution in [0.1, 0.15) is 5.56 Å². The summed E-state index contributed by atoms with van der Waals surface area (Å²) in [6.07, 6.45) is 0. The first kappa shape index (κ1) is 21.4. The Morgan fingerprint density at radius 1 is 0.812 bits per heavy atom. The number of sulfonamides is 1. The molecule has 0 bridgehead atoms. The molecule has 4 aromatic rings. The van der Waals surface area contributed by atoms with Gasteiger partial charge in [0.15, 0.2) is 0 Å². The van der Waals surface area contributed by atoms with Gasteiger partial charge in [-0.2, -0.15) is 0 Å². The first-order chi connectivity index (χ1) is 15.4. The van der Waals surface area contributed by atoms with E-state index in [1.54, 1.807) is 36.4 Å². The molecule has 0 amide bonds. The third-order valence-electron chi connectivity index (χ3n) is 4.96. The molecule has 0 fully saturated rings. The molecule has 0 aromatic heterocycles. The molecule has 7 heteroatoms. The van der Waals surface area contributed by atoms with E-state index in [9.17, 15) is 18.3 Å². The van der Waals surface area contributed by atoms with E-state index in [2.05, 4.69) is 0 Å². The minimum Gasteiger partial charge on any atom is -0.489 e. The summed E-state index contributed by atoms with van der Waals surface area (Å²) in [6, 6.07) is 28.1. The number of carbonyl (C=O) groups is 1. The second-order valence-corrected chi connectivity index (χ2v) is 9.04. The van der Waals surface area contributed by atoms with Gasteiger partial charge in [0.25, 0.3) is 10.0 Å². The number of hydrogen-bond donors (Lipinski definition) is 1. The number of carboxylic acid groups (broad SMARTS) is 1. The predicted molar refractivity (Wildman–Crippen MR) is 123 cm³/mol. The summed E-state index contributed by atoms with van der Waals surface area (Å²) in [6.45, 7) is -0.326. The summed E-state index contributed by atoms with van der Waals surface area (Å²) in [5.74, 6) is -0.699. The Balaban J connectivity index is 1.61. The van der Waals surface area contributed by atoms with Crippen LogP contribution in [0.5, 0.6) is 5.75 Å². The molecule has 162 valence electrons. The van der Waals surface area contributed by atoms with E-state index < -0.39 is 22.5 Å². The van der Waals surface area contributed by atoms with E-state index in [1.807, 2.05) is 54.6 Å². The maximum Gasteiger partial charge on any atom is 0.324 e. The van der Waals surface area contributed by atoms with Crippen LogP contribution in [0.4, 0.5) is 5.69 Å². The van der Waals surface area contributed by atoms with Crippen molar-refractivity contribution >= 4 is 32.5 Å². The van der Waals surface area contributed by atoms with Crippen LogP contribution in [-0.2, 0) is 21.4 Å². The fourth-order valence-corrected chi connectivity index (χ4v) is 4.79. The number of aliphatic carboxylic acids is 1. The van der Waals surface area contributed by atoms with Crippen LogP contribution < -0.4 is 9.04 Å². The molecule has 0 aliphatic rings. The average Bonchev–Trinajstić information content (AvgIpc) is 2.82. The molecule has 1 N–H and O–H groups in total. The van der Waals surface area contributed by atoms with E-state index >= 15 is 0 Å². The Morgan fingerprint density at radius 2 is 1.47 bits per heavy atom. The van der Waals surface area contributed by atoms with Gasteiger partial charge in [0, 0.05) is 0 Å². The lowest BCUT2D eigenvalue weighted by molar-refractivity contribution is -0.135. The fraction of sp³-hybridized carbons (Fsp3) is 0.0800. The number of ether oxygens (including phenoxy) is 1. The first-order valence-electron chi connectivity index (χ1n) is 9.93. The molecule has 0 atom stereocenters. The van der Waals surface area contributed by atoms with Crippen molar-refractivity contribution in [2.45, 2.75) is 11.5 Å². The lowest BCUT2D eigenvalue weighted by atomic mass is 10.1. The normalized spacial score (nSPS) is 11.2. The topological polar surface area (TPSA) is 83.9 Å². The maximum atomic E-state index is 13.3. The van der Waals surface area contributed by atoms with Gasteiger partial charge in [-0.25, -0.2) is 8.42 Å². The summed E-state index contributed by atoms with van der Waals surface area (Å²) in [7, 11) is -4.10. The van der Waals surface area contributed by atoms with Gasteiger partial charge in [-0.1, -0.05) is 60.7 Å². The number of hydrogen-bond acceptors (Lipinski definition) is 4. The van der Waals surface area contributed by atoms with Gasteiger partial charge in [0.1, 0.15) is 18.9 Å². The molecular weight excluding hydrogens is 426 g/mol. The lowest BCUT2D eigenvalue weighted by Gasteiger charge is -2.23. The van der Waals surface area contributed by atoms with Gasteiger partial charge >= 0.3 is 5.97 Å². The monoisotopic (exact) mass is 447 g/mol. The number of rotatable bonds is 8. The number of benzene rings is 4. The molecule has 32 heavy (non-hydrogen) atoms. The summed E-state index contributed by atoms with van der Waals surface area (Å²) in [5, 5.41) is 11.0. The van der Waals surface area contributed by atoms with Crippen molar-refractivity contribution in [2.24, 2.45) is 0 Å². The Bertz CT molecular complexity index is 1340.